The average molecular weight is 322 g/mol. The second-order valence-corrected chi connectivity index (χ2v) is 7.28. The minimum atomic E-state index is -0.613. The minimum Gasteiger partial charge on any atom is -0.424 e. The van der Waals surface area contributed by atoms with Crippen molar-refractivity contribution in [2.24, 2.45) is 16.7 Å². The monoisotopic (exact) mass is 322 g/mol. The highest BCUT2D eigenvalue weighted by atomic mass is 16.4. The molecule has 1 aliphatic rings. The summed E-state index contributed by atoms with van der Waals surface area (Å²) in [6, 6.07) is 0. The lowest BCUT2D eigenvalue weighted by Crippen LogP contribution is -2.49. The number of nitrogens with zero attached hydrogens (tertiary/aromatic N) is 3. The summed E-state index contributed by atoms with van der Waals surface area (Å²) >= 11 is 0. The quantitative estimate of drug-likeness (QED) is 0.908. The molecule has 1 aromatic heterocycles. The van der Waals surface area contributed by atoms with Crippen molar-refractivity contribution >= 4 is 11.8 Å². The van der Waals surface area contributed by atoms with Gasteiger partial charge in [-0.05, 0) is 18.3 Å². The van der Waals surface area contributed by atoms with Crippen LogP contribution in [0.15, 0.2) is 4.42 Å². The van der Waals surface area contributed by atoms with Gasteiger partial charge in [-0.15, -0.1) is 10.2 Å². The van der Waals surface area contributed by atoms with Crippen molar-refractivity contribution in [2.45, 2.75) is 47.1 Å². The van der Waals surface area contributed by atoms with Gasteiger partial charge in [-0.25, -0.2) is 0 Å². The summed E-state index contributed by atoms with van der Waals surface area (Å²) in [5.74, 6) is 0.708. The van der Waals surface area contributed by atoms with E-state index >= 15 is 0 Å². The number of nitrogens with one attached hydrogen (secondary N) is 1. The van der Waals surface area contributed by atoms with E-state index in [0.29, 0.717) is 24.6 Å². The highest BCUT2D eigenvalue weighted by Crippen LogP contribution is 2.56. The zero-order valence-electron chi connectivity index (χ0n) is 14.8. The third kappa shape index (κ3) is 2.96. The zero-order chi connectivity index (χ0) is 17.4. The molecular formula is C16H26N4O3. The molecule has 1 heterocycles. The molecule has 1 saturated carbocycles. The fourth-order valence-electron chi connectivity index (χ4n) is 3.41. The number of carbonyl (C=O) groups is 2. The molecule has 0 aromatic carbocycles. The number of amides is 2. The summed E-state index contributed by atoms with van der Waals surface area (Å²) in [5.41, 5.74) is -1.04. The fourth-order valence-corrected chi connectivity index (χ4v) is 3.41. The van der Waals surface area contributed by atoms with Crippen LogP contribution in [0, 0.1) is 23.7 Å². The predicted octanol–water partition coefficient (Wildman–Crippen LogP) is 1.52. The molecule has 0 unspecified atom stereocenters. The van der Waals surface area contributed by atoms with E-state index in [0.717, 1.165) is 0 Å². The van der Waals surface area contributed by atoms with Crippen LogP contribution >= 0.6 is 0 Å². The highest BCUT2D eigenvalue weighted by molar-refractivity contribution is 5.87. The molecule has 7 nitrogen and oxygen atoms in total. The lowest BCUT2D eigenvalue weighted by atomic mass is 9.65. The van der Waals surface area contributed by atoms with Gasteiger partial charge in [-0.3, -0.25) is 9.59 Å². The smallest absolute Gasteiger partial charge is 0.235 e. The van der Waals surface area contributed by atoms with Gasteiger partial charge in [-0.2, -0.15) is 0 Å². The van der Waals surface area contributed by atoms with E-state index in [1.807, 2.05) is 20.8 Å². The maximum atomic E-state index is 12.8. The van der Waals surface area contributed by atoms with Crippen LogP contribution in [0.25, 0.3) is 0 Å². The molecule has 2 amide bonds. The number of aryl methyl sites for hydroxylation is 1. The Balaban J connectivity index is 2.11. The molecule has 0 saturated heterocycles. The molecule has 1 N–H and O–H groups in total. The van der Waals surface area contributed by atoms with E-state index in [1.165, 1.54) is 0 Å². The molecule has 1 aromatic rings. The first-order valence-electron chi connectivity index (χ1n) is 7.88. The van der Waals surface area contributed by atoms with Crippen molar-refractivity contribution in [3.8, 4) is 0 Å². The second kappa shape index (κ2) is 5.94. The van der Waals surface area contributed by atoms with Crippen LogP contribution < -0.4 is 5.32 Å². The summed E-state index contributed by atoms with van der Waals surface area (Å²) < 4.78 is 5.27. The van der Waals surface area contributed by atoms with E-state index < -0.39 is 10.8 Å². The highest BCUT2D eigenvalue weighted by Gasteiger charge is 2.58. The van der Waals surface area contributed by atoms with E-state index in [4.69, 9.17) is 4.42 Å². The zero-order valence-corrected chi connectivity index (χ0v) is 14.8. The van der Waals surface area contributed by atoms with Crippen molar-refractivity contribution < 1.29 is 14.0 Å². The Morgan fingerprint density at radius 1 is 1.30 bits per heavy atom. The lowest BCUT2D eigenvalue weighted by Gasteiger charge is -2.40. The maximum Gasteiger partial charge on any atom is 0.235 e. The van der Waals surface area contributed by atoms with Crippen molar-refractivity contribution in [1.29, 1.82) is 0 Å². The molecule has 2 rings (SSSR count). The minimum absolute atomic E-state index is 0.0765. The van der Waals surface area contributed by atoms with E-state index in [-0.39, 0.29) is 24.3 Å². The number of rotatable bonds is 4. The molecule has 7 heteroatoms. The second-order valence-electron chi connectivity index (χ2n) is 7.28. The van der Waals surface area contributed by atoms with Crippen LogP contribution in [-0.4, -0.2) is 41.0 Å². The molecule has 0 radical (unpaired) electrons. The van der Waals surface area contributed by atoms with Crippen molar-refractivity contribution in [3.63, 3.8) is 0 Å². The summed E-state index contributed by atoms with van der Waals surface area (Å²) in [5, 5.41) is 10.5. The number of hydrogen-bond acceptors (Lipinski definition) is 5. The Morgan fingerprint density at radius 2 is 1.96 bits per heavy atom. The molecule has 0 aliphatic heterocycles. The van der Waals surface area contributed by atoms with Gasteiger partial charge in [0.2, 0.25) is 23.6 Å². The first kappa shape index (κ1) is 17.4. The van der Waals surface area contributed by atoms with Crippen LogP contribution in [0.4, 0.5) is 0 Å². The van der Waals surface area contributed by atoms with E-state index in [9.17, 15) is 9.59 Å². The Morgan fingerprint density at radius 3 is 2.48 bits per heavy atom. The Labute approximate surface area is 136 Å². The van der Waals surface area contributed by atoms with Gasteiger partial charge in [0, 0.05) is 26.9 Å². The molecule has 2 atom stereocenters. The van der Waals surface area contributed by atoms with Gasteiger partial charge < -0.3 is 14.6 Å². The molecule has 0 spiro atoms. The van der Waals surface area contributed by atoms with Crippen LogP contribution in [0.1, 0.15) is 45.4 Å². The maximum absolute atomic E-state index is 12.8. The molecule has 1 fully saturated rings. The molecule has 23 heavy (non-hydrogen) atoms. The van der Waals surface area contributed by atoms with Crippen LogP contribution in [0.3, 0.4) is 0 Å². The summed E-state index contributed by atoms with van der Waals surface area (Å²) in [4.78, 5) is 26.8. The van der Waals surface area contributed by atoms with Crippen molar-refractivity contribution in [1.82, 2.24) is 20.4 Å². The van der Waals surface area contributed by atoms with Gasteiger partial charge in [0.05, 0.1) is 12.0 Å². The third-order valence-corrected chi connectivity index (χ3v) is 5.43. The van der Waals surface area contributed by atoms with Gasteiger partial charge in [-0.1, -0.05) is 20.8 Å². The van der Waals surface area contributed by atoms with Crippen molar-refractivity contribution in [3.05, 3.63) is 11.8 Å². The summed E-state index contributed by atoms with van der Waals surface area (Å²) in [6.07, 6.45) is 1.40. The number of aromatic nitrogens is 2. The van der Waals surface area contributed by atoms with Crippen LogP contribution in [-0.2, 0) is 16.1 Å². The van der Waals surface area contributed by atoms with Crippen molar-refractivity contribution in [2.75, 3.05) is 14.1 Å². The largest absolute Gasteiger partial charge is 0.424 e. The van der Waals surface area contributed by atoms with Crippen LogP contribution in [0.2, 0.25) is 0 Å². The lowest BCUT2D eigenvalue weighted by molar-refractivity contribution is -0.142. The third-order valence-electron chi connectivity index (χ3n) is 5.43. The topological polar surface area (TPSA) is 88.3 Å². The first-order valence-corrected chi connectivity index (χ1v) is 7.88. The SMILES string of the molecule is Cc1nnc(CNC(=O)[C@@]2(C)CC[C@@H](C(=O)N(C)C)C2(C)C)o1. The molecule has 1 aliphatic carbocycles. The molecule has 128 valence electrons. The Hall–Kier alpha value is -1.92. The summed E-state index contributed by atoms with van der Waals surface area (Å²) in [7, 11) is 3.51. The Kier molecular flexibility index (Phi) is 4.50. The normalized spacial score (nSPS) is 26.1. The molecule has 0 bridgehead atoms. The average Bonchev–Trinajstić information content (AvgIpc) is 2.98. The summed E-state index contributed by atoms with van der Waals surface area (Å²) in [6.45, 7) is 7.85. The van der Waals surface area contributed by atoms with Gasteiger partial charge in [0.15, 0.2) is 0 Å². The number of carbonyl (C=O) groups excluding carboxylic acids is 2. The predicted molar refractivity (Wildman–Crippen MR) is 84.2 cm³/mol. The van der Waals surface area contributed by atoms with Crippen LogP contribution in [0.5, 0.6) is 0 Å². The fraction of sp³-hybridized carbons (Fsp3) is 0.750. The van der Waals surface area contributed by atoms with Gasteiger partial charge in [0.25, 0.3) is 0 Å². The standard InChI is InChI=1S/C16H26N4O3/c1-10-18-19-12(23-10)9-17-14(22)16(4)8-7-11(15(16,2)3)13(21)20(5)6/h11H,7-9H2,1-6H3,(H,17,22)/t11-,16+/m0/s1. The van der Waals surface area contributed by atoms with Gasteiger partial charge >= 0.3 is 0 Å². The van der Waals surface area contributed by atoms with E-state index in [2.05, 4.69) is 15.5 Å². The molecular weight excluding hydrogens is 296 g/mol. The number of hydrogen-bond donors (Lipinski definition) is 1. The Bertz CT molecular complexity index is 608. The first-order chi connectivity index (χ1) is 10.6. The van der Waals surface area contributed by atoms with Gasteiger partial charge in [0.1, 0.15) is 0 Å². The van der Waals surface area contributed by atoms with E-state index in [1.54, 1.807) is 25.9 Å².